The maximum Gasteiger partial charge on any atom is 0.251 e. The second-order valence-corrected chi connectivity index (χ2v) is 5.93. The Morgan fingerprint density at radius 2 is 1.78 bits per heavy atom. The minimum absolute atomic E-state index is 0.166. The number of hydrogen-bond acceptors (Lipinski definition) is 2. The van der Waals surface area contributed by atoms with Crippen LogP contribution in [0, 0.1) is 6.92 Å². The molecular formula is C19H16ClNO2. The number of hydrogen-bond donors (Lipinski definition) is 0. The number of nitrogens with zero attached hydrogens (tertiary/aromatic N) is 1. The van der Waals surface area contributed by atoms with Gasteiger partial charge in [0, 0.05) is 34.1 Å². The molecule has 0 saturated heterocycles. The van der Waals surface area contributed by atoms with Crippen LogP contribution in [0.3, 0.4) is 0 Å². The molecule has 0 unspecified atom stereocenters. The number of aromatic nitrogens is 1. The van der Waals surface area contributed by atoms with Crippen molar-refractivity contribution in [2.75, 3.05) is 0 Å². The average molecular weight is 326 g/mol. The summed E-state index contributed by atoms with van der Waals surface area (Å²) in [5, 5.41) is 1.37. The van der Waals surface area contributed by atoms with Gasteiger partial charge in [0.05, 0.1) is 5.52 Å². The second kappa shape index (κ2) is 6.01. The molecule has 0 aliphatic rings. The number of halogens is 1. The summed E-state index contributed by atoms with van der Waals surface area (Å²) in [6.07, 6.45) is 0. The van der Waals surface area contributed by atoms with E-state index in [0.29, 0.717) is 22.7 Å². The van der Waals surface area contributed by atoms with Crippen molar-refractivity contribution in [2.45, 2.75) is 20.4 Å². The lowest BCUT2D eigenvalue weighted by molar-refractivity contribution is 0.104. The first-order valence-electron chi connectivity index (χ1n) is 7.45. The zero-order chi connectivity index (χ0) is 16.6. The lowest BCUT2D eigenvalue weighted by Crippen LogP contribution is -2.21. The van der Waals surface area contributed by atoms with Crippen molar-refractivity contribution in [3.63, 3.8) is 0 Å². The smallest absolute Gasteiger partial charge is 0.251 e. The number of pyridine rings is 1. The van der Waals surface area contributed by atoms with Gasteiger partial charge in [0.25, 0.3) is 5.56 Å². The molecule has 116 valence electrons. The molecule has 1 aromatic heterocycles. The van der Waals surface area contributed by atoms with Crippen molar-refractivity contribution in [1.82, 2.24) is 4.57 Å². The van der Waals surface area contributed by atoms with Crippen LogP contribution in [0.5, 0.6) is 0 Å². The van der Waals surface area contributed by atoms with Gasteiger partial charge in [0.15, 0.2) is 5.78 Å². The van der Waals surface area contributed by atoms with E-state index in [0.717, 1.165) is 16.5 Å². The van der Waals surface area contributed by atoms with Gasteiger partial charge in [-0.1, -0.05) is 23.2 Å². The summed E-state index contributed by atoms with van der Waals surface area (Å²) in [5.74, 6) is -0.169. The van der Waals surface area contributed by atoms with E-state index < -0.39 is 0 Å². The summed E-state index contributed by atoms with van der Waals surface area (Å²) in [4.78, 5) is 25.2. The fourth-order valence-electron chi connectivity index (χ4n) is 2.77. The SMILES string of the molecule is CCn1c(=O)cc(C(=O)c2ccc(Cl)cc2)c2cc(C)ccc21. The van der Waals surface area contributed by atoms with Crippen molar-refractivity contribution in [1.29, 1.82) is 0 Å². The standard InChI is InChI=1S/C19H16ClNO2/c1-3-21-17-9-4-12(2)10-15(17)16(11-18(21)22)19(23)13-5-7-14(20)8-6-13/h4-11H,3H2,1-2H3. The van der Waals surface area contributed by atoms with Crippen LogP contribution in [0.25, 0.3) is 10.9 Å². The molecule has 0 aliphatic carbocycles. The molecule has 0 radical (unpaired) electrons. The van der Waals surface area contributed by atoms with Gasteiger partial charge in [-0.05, 0) is 50.2 Å². The average Bonchev–Trinajstić information content (AvgIpc) is 2.54. The predicted molar refractivity (Wildman–Crippen MR) is 93.5 cm³/mol. The highest BCUT2D eigenvalue weighted by atomic mass is 35.5. The van der Waals surface area contributed by atoms with Crippen molar-refractivity contribution in [2.24, 2.45) is 0 Å². The zero-order valence-corrected chi connectivity index (χ0v) is 13.7. The molecule has 4 heteroatoms. The molecule has 0 aliphatic heterocycles. The number of fused-ring (bicyclic) bond motifs is 1. The Morgan fingerprint density at radius 1 is 1.09 bits per heavy atom. The first-order chi connectivity index (χ1) is 11.0. The van der Waals surface area contributed by atoms with E-state index in [9.17, 15) is 9.59 Å². The maximum atomic E-state index is 12.8. The van der Waals surface area contributed by atoms with E-state index in [2.05, 4.69) is 0 Å². The number of carbonyl (C=O) groups excluding carboxylic acids is 1. The normalized spacial score (nSPS) is 10.9. The fraction of sp³-hybridized carbons (Fsp3) is 0.158. The molecule has 0 N–H and O–H groups in total. The Kier molecular flexibility index (Phi) is 4.05. The lowest BCUT2D eigenvalue weighted by atomic mass is 9.98. The maximum absolute atomic E-state index is 12.8. The Balaban J connectivity index is 2.28. The van der Waals surface area contributed by atoms with Gasteiger partial charge >= 0.3 is 0 Å². The Morgan fingerprint density at radius 3 is 2.43 bits per heavy atom. The summed E-state index contributed by atoms with van der Waals surface area (Å²) in [6, 6.07) is 13.9. The number of carbonyl (C=O) groups is 1. The molecule has 3 aromatic rings. The molecule has 0 amide bonds. The number of benzene rings is 2. The molecule has 3 rings (SSSR count). The van der Waals surface area contributed by atoms with E-state index in [1.165, 1.54) is 6.07 Å². The Labute approximate surface area is 139 Å². The van der Waals surface area contributed by atoms with Crippen LogP contribution < -0.4 is 5.56 Å². The van der Waals surface area contributed by atoms with E-state index >= 15 is 0 Å². The summed E-state index contributed by atoms with van der Waals surface area (Å²) < 4.78 is 1.67. The zero-order valence-electron chi connectivity index (χ0n) is 13.0. The minimum atomic E-state index is -0.169. The quantitative estimate of drug-likeness (QED) is 0.676. The molecule has 1 heterocycles. The van der Waals surface area contributed by atoms with Crippen molar-refractivity contribution >= 4 is 28.3 Å². The van der Waals surface area contributed by atoms with Crippen LogP contribution in [0.4, 0.5) is 0 Å². The molecule has 0 saturated carbocycles. The molecule has 0 atom stereocenters. The third kappa shape index (κ3) is 2.80. The van der Waals surface area contributed by atoms with E-state index in [-0.39, 0.29) is 11.3 Å². The molecule has 3 nitrogen and oxygen atoms in total. The van der Waals surface area contributed by atoms with Crippen molar-refractivity contribution in [3.05, 3.63) is 80.6 Å². The largest absolute Gasteiger partial charge is 0.309 e. The van der Waals surface area contributed by atoms with Crippen LogP contribution in [-0.4, -0.2) is 10.4 Å². The van der Waals surface area contributed by atoms with Crippen LogP contribution in [-0.2, 0) is 6.54 Å². The number of ketones is 1. The third-order valence-electron chi connectivity index (χ3n) is 3.93. The van der Waals surface area contributed by atoms with E-state index in [1.807, 2.05) is 32.0 Å². The van der Waals surface area contributed by atoms with Crippen molar-refractivity contribution < 1.29 is 4.79 Å². The first kappa shape index (κ1) is 15.5. The second-order valence-electron chi connectivity index (χ2n) is 5.50. The molecular weight excluding hydrogens is 310 g/mol. The van der Waals surface area contributed by atoms with Gasteiger partial charge in [-0.3, -0.25) is 9.59 Å². The first-order valence-corrected chi connectivity index (χ1v) is 7.83. The molecule has 2 aromatic carbocycles. The highest BCUT2D eigenvalue weighted by Gasteiger charge is 2.16. The molecule has 0 fully saturated rings. The monoisotopic (exact) mass is 325 g/mol. The summed E-state index contributed by atoms with van der Waals surface area (Å²) in [7, 11) is 0. The predicted octanol–water partition coefficient (Wildman–Crippen LogP) is 4.21. The van der Waals surface area contributed by atoms with Crippen LogP contribution >= 0.6 is 11.6 Å². The van der Waals surface area contributed by atoms with Crippen LogP contribution in [0.15, 0.2) is 53.3 Å². The lowest BCUT2D eigenvalue weighted by Gasteiger charge is -2.12. The summed E-state index contributed by atoms with van der Waals surface area (Å²) in [5.41, 5.74) is 2.61. The van der Waals surface area contributed by atoms with Gasteiger partial charge < -0.3 is 4.57 Å². The van der Waals surface area contributed by atoms with Gasteiger partial charge in [-0.2, -0.15) is 0 Å². The van der Waals surface area contributed by atoms with E-state index in [4.69, 9.17) is 11.6 Å². The molecule has 23 heavy (non-hydrogen) atoms. The van der Waals surface area contributed by atoms with Gasteiger partial charge in [-0.15, -0.1) is 0 Å². The highest BCUT2D eigenvalue weighted by molar-refractivity contribution is 6.30. The minimum Gasteiger partial charge on any atom is -0.309 e. The number of aryl methyl sites for hydroxylation is 2. The molecule has 0 spiro atoms. The highest BCUT2D eigenvalue weighted by Crippen LogP contribution is 2.22. The van der Waals surface area contributed by atoms with Crippen LogP contribution in [0.1, 0.15) is 28.4 Å². The summed E-state index contributed by atoms with van der Waals surface area (Å²) in [6.45, 7) is 4.45. The van der Waals surface area contributed by atoms with Gasteiger partial charge in [0.2, 0.25) is 0 Å². The Hall–Kier alpha value is -2.39. The third-order valence-corrected chi connectivity index (χ3v) is 4.19. The fourth-order valence-corrected chi connectivity index (χ4v) is 2.90. The van der Waals surface area contributed by atoms with Crippen LogP contribution in [0.2, 0.25) is 5.02 Å². The van der Waals surface area contributed by atoms with E-state index in [1.54, 1.807) is 28.8 Å². The number of rotatable bonds is 3. The van der Waals surface area contributed by atoms with Gasteiger partial charge in [-0.25, -0.2) is 0 Å². The summed E-state index contributed by atoms with van der Waals surface area (Å²) >= 11 is 5.88. The van der Waals surface area contributed by atoms with Gasteiger partial charge in [0.1, 0.15) is 0 Å². The van der Waals surface area contributed by atoms with Crippen molar-refractivity contribution in [3.8, 4) is 0 Å². The Bertz CT molecular complexity index is 956. The molecule has 0 bridgehead atoms. The topological polar surface area (TPSA) is 39.1 Å².